The molecule has 0 aliphatic rings. The summed E-state index contributed by atoms with van der Waals surface area (Å²) in [5.74, 6) is 1.01. The largest absolute Gasteiger partial charge is 0.358 e. The van der Waals surface area contributed by atoms with Gasteiger partial charge >= 0.3 is 0 Å². The van der Waals surface area contributed by atoms with Crippen LogP contribution in [-0.4, -0.2) is 18.6 Å². The van der Waals surface area contributed by atoms with Crippen molar-refractivity contribution < 1.29 is 0 Å². The van der Waals surface area contributed by atoms with E-state index in [9.17, 15) is 0 Å². The van der Waals surface area contributed by atoms with Crippen molar-refractivity contribution in [3.05, 3.63) is 22.3 Å². The molecule has 84 valence electrons. The van der Waals surface area contributed by atoms with Crippen molar-refractivity contribution in [3.63, 3.8) is 0 Å². The van der Waals surface area contributed by atoms with Crippen molar-refractivity contribution in [2.75, 3.05) is 18.5 Å². The zero-order valence-electron chi connectivity index (χ0n) is 10.1. The molecule has 0 saturated carbocycles. The molecule has 0 atom stereocenters. The minimum atomic E-state index is 0.279. The van der Waals surface area contributed by atoms with Gasteiger partial charge in [-0.25, -0.2) is 4.98 Å². The predicted octanol–water partition coefficient (Wildman–Crippen LogP) is 3.63. The minimum absolute atomic E-state index is 0.279. The van der Waals surface area contributed by atoms with Crippen molar-refractivity contribution >= 4 is 21.7 Å². The lowest BCUT2D eigenvalue weighted by Gasteiger charge is -2.28. The molecule has 0 unspecified atom stereocenters. The molecule has 1 rings (SSSR count). The van der Waals surface area contributed by atoms with Crippen molar-refractivity contribution in [2.45, 2.75) is 27.7 Å². The molecule has 15 heavy (non-hydrogen) atoms. The van der Waals surface area contributed by atoms with Gasteiger partial charge in [0.05, 0.1) is 4.47 Å². The zero-order valence-corrected chi connectivity index (χ0v) is 11.7. The minimum Gasteiger partial charge on any atom is -0.358 e. The molecule has 0 aliphatic heterocycles. The highest BCUT2D eigenvalue weighted by molar-refractivity contribution is 9.10. The first-order chi connectivity index (χ1) is 6.79. The summed E-state index contributed by atoms with van der Waals surface area (Å²) in [5, 5.41) is 0. The normalized spacial score (nSPS) is 11.6. The molecule has 1 heterocycles. The van der Waals surface area contributed by atoms with Crippen LogP contribution in [0, 0.1) is 12.3 Å². The number of nitrogens with zero attached hydrogens (tertiary/aromatic N) is 2. The van der Waals surface area contributed by atoms with E-state index in [1.807, 2.05) is 13.1 Å². The molecule has 0 aliphatic carbocycles. The molecule has 0 radical (unpaired) electrons. The van der Waals surface area contributed by atoms with E-state index in [0.717, 1.165) is 16.8 Å². The Morgan fingerprint density at radius 3 is 2.47 bits per heavy atom. The Morgan fingerprint density at radius 1 is 1.40 bits per heavy atom. The summed E-state index contributed by atoms with van der Waals surface area (Å²) in [6, 6.07) is 2.10. The Hall–Kier alpha value is -0.570. The molecule has 0 amide bonds. The van der Waals surface area contributed by atoms with Gasteiger partial charge in [0.25, 0.3) is 0 Å². The average Bonchev–Trinajstić information content (AvgIpc) is 1.99. The summed E-state index contributed by atoms with van der Waals surface area (Å²) >= 11 is 3.55. The van der Waals surface area contributed by atoms with Crippen LogP contribution in [0.2, 0.25) is 0 Å². The third kappa shape index (κ3) is 3.82. The Kier molecular flexibility index (Phi) is 3.77. The molecule has 2 nitrogen and oxygen atoms in total. The van der Waals surface area contributed by atoms with Gasteiger partial charge in [0.2, 0.25) is 0 Å². The van der Waals surface area contributed by atoms with Crippen molar-refractivity contribution in [2.24, 2.45) is 5.41 Å². The van der Waals surface area contributed by atoms with Crippen LogP contribution in [0.5, 0.6) is 0 Å². The van der Waals surface area contributed by atoms with Crippen LogP contribution in [-0.2, 0) is 0 Å². The molecule has 0 saturated heterocycles. The summed E-state index contributed by atoms with van der Waals surface area (Å²) in [6.07, 6.45) is 1.90. The smallest absolute Gasteiger partial charge is 0.142 e. The Labute approximate surface area is 101 Å². The number of rotatable bonds is 2. The standard InChI is InChI=1S/C12H19BrN2/c1-9-6-10(13)11(14-7-9)15(5)8-12(2,3)4/h6-7H,8H2,1-5H3. The molecule has 0 fully saturated rings. The number of halogens is 1. The molecule has 0 spiro atoms. The number of pyridine rings is 1. The highest BCUT2D eigenvalue weighted by Gasteiger charge is 2.16. The second-order valence-electron chi connectivity index (χ2n) is 5.23. The van der Waals surface area contributed by atoms with Crippen LogP contribution < -0.4 is 4.90 Å². The van der Waals surface area contributed by atoms with E-state index in [1.54, 1.807) is 0 Å². The first kappa shape index (κ1) is 12.5. The molecule has 0 bridgehead atoms. The second-order valence-corrected chi connectivity index (χ2v) is 6.09. The van der Waals surface area contributed by atoms with E-state index in [2.05, 4.69) is 59.7 Å². The van der Waals surface area contributed by atoms with Crippen LogP contribution in [0.1, 0.15) is 26.3 Å². The van der Waals surface area contributed by atoms with Gasteiger partial charge in [0.15, 0.2) is 0 Å². The number of hydrogen-bond acceptors (Lipinski definition) is 2. The van der Waals surface area contributed by atoms with Gasteiger partial charge in [0, 0.05) is 19.8 Å². The van der Waals surface area contributed by atoms with Gasteiger partial charge in [-0.1, -0.05) is 20.8 Å². The summed E-state index contributed by atoms with van der Waals surface area (Å²) in [4.78, 5) is 6.62. The van der Waals surface area contributed by atoms with Gasteiger partial charge in [-0.05, 0) is 39.9 Å². The summed E-state index contributed by atoms with van der Waals surface area (Å²) in [7, 11) is 2.08. The quantitative estimate of drug-likeness (QED) is 0.816. The second kappa shape index (κ2) is 4.52. The fourth-order valence-electron chi connectivity index (χ4n) is 1.59. The van der Waals surface area contributed by atoms with E-state index >= 15 is 0 Å². The number of aromatic nitrogens is 1. The molecule has 3 heteroatoms. The van der Waals surface area contributed by atoms with Crippen molar-refractivity contribution in [1.82, 2.24) is 4.98 Å². The van der Waals surface area contributed by atoms with Gasteiger partial charge in [0.1, 0.15) is 5.82 Å². The third-order valence-electron chi connectivity index (χ3n) is 2.03. The van der Waals surface area contributed by atoms with Crippen LogP contribution in [0.3, 0.4) is 0 Å². The van der Waals surface area contributed by atoms with Crippen LogP contribution in [0.15, 0.2) is 16.7 Å². The zero-order chi connectivity index (χ0) is 11.6. The lowest BCUT2D eigenvalue weighted by Crippen LogP contribution is -2.29. The summed E-state index contributed by atoms with van der Waals surface area (Å²) < 4.78 is 1.06. The molecular formula is C12H19BrN2. The van der Waals surface area contributed by atoms with Crippen LogP contribution in [0.25, 0.3) is 0 Å². The summed E-state index contributed by atoms with van der Waals surface area (Å²) in [6.45, 7) is 9.72. The van der Waals surface area contributed by atoms with Crippen molar-refractivity contribution in [1.29, 1.82) is 0 Å². The first-order valence-corrected chi connectivity index (χ1v) is 5.92. The van der Waals surface area contributed by atoms with E-state index in [0.29, 0.717) is 0 Å². The van der Waals surface area contributed by atoms with Gasteiger partial charge in [-0.3, -0.25) is 0 Å². The first-order valence-electron chi connectivity index (χ1n) is 5.13. The maximum absolute atomic E-state index is 4.44. The number of hydrogen-bond donors (Lipinski definition) is 0. The molecule has 1 aromatic rings. The Balaban J connectivity index is 2.87. The lowest BCUT2D eigenvalue weighted by atomic mass is 9.96. The molecular weight excluding hydrogens is 252 g/mol. The van der Waals surface area contributed by atoms with E-state index in [1.165, 1.54) is 5.56 Å². The van der Waals surface area contributed by atoms with Gasteiger partial charge < -0.3 is 4.90 Å². The van der Waals surface area contributed by atoms with Crippen LogP contribution in [0.4, 0.5) is 5.82 Å². The number of anilines is 1. The molecule has 0 aromatic carbocycles. The van der Waals surface area contributed by atoms with E-state index in [4.69, 9.17) is 0 Å². The fraction of sp³-hybridized carbons (Fsp3) is 0.583. The van der Waals surface area contributed by atoms with Crippen LogP contribution >= 0.6 is 15.9 Å². The van der Waals surface area contributed by atoms with Gasteiger partial charge in [-0.15, -0.1) is 0 Å². The molecule has 1 aromatic heterocycles. The molecule has 0 N–H and O–H groups in total. The Morgan fingerprint density at radius 2 is 2.00 bits per heavy atom. The van der Waals surface area contributed by atoms with Crippen molar-refractivity contribution in [3.8, 4) is 0 Å². The Bertz CT molecular complexity index is 342. The monoisotopic (exact) mass is 270 g/mol. The van der Waals surface area contributed by atoms with E-state index < -0.39 is 0 Å². The fourth-order valence-corrected chi connectivity index (χ4v) is 2.36. The van der Waals surface area contributed by atoms with Gasteiger partial charge in [-0.2, -0.15) is 0 Å². The summed E-state index contributed by atoms with van der Waals surface area (Å²) in [5.41, 5.74) is 1.45. The average molecular weight is 271 g/mol. The topological polar surface area (TPSA) is 16.1 Å². The maximum atomic E-state index is 4.44. The highest BCUT2D eigenvalue weighted by Crippen LogP contribution is 2.26. The third-order valence-corrected chi connectivity index (χ3v) is 2.62. The van der Waals surface area contributed by atoms with E-state index in [-0.39, 0.29) is 5.41 Å². The SMILES string of the molecule is Cc1cnc(N(C)CC(C)(C)C)c(Br)c1. The lowest BCUT2D eigenvalue weighted by molar-refractivity contribution is 0.417. The highest BCUT2D eigenvalue weighted by atomic mass is 79.9. The number of aryl methyl sites for hydroxylation is 1. The predicted molar refractivity (Wildman–Crippen MR) is 69.4 cm³/mol. The maximum Gasteiger partial charge on any atom is 0.142 e.